The number of urea groups is 1. The third-order valence-corrected chi connectivity index (χ3v) is 5.79. The third kappa shape index (κ3) is 4.13. The molecule has 0 aromatic carbocycles. The molecule has 3 amide bonds. The molecule has 0 atom stereocenters. The molecule has 2 aromatic rings. The molecule has 0 spiro atoms. The number of hydrogen-bond donors (Lipinski definition) is 3. The van der Waals surface area contributed by atoms with E-state index in [9.17, 15) is 9.59 Å². The van der Waals surface area contributed by atoms with Crippen LogP contribution in [0.5, 0.6) is 0 Å². The standard InChI is InChI=1S/C21H29N5O2/c1-2-3-9-23-21(28)26-11-7-14(8-12-26)17-13-18(25-20(27)15-4-5-15)24-19-16(17)6-10-22-19/h6,10,13-15H,2-5,7-9,11-12H2,1H3,(H,23,28)(H2,22,24,25,27). The molecule has 2 aromatic heterocycles. The fraction of sp³-hybridized carbons (Fsp3) is 0.571. The van der Waals surface area contributed by atoms with Crippen LogP contribution in [0.2, 0.25) is 0 Å². The molecular weight excluding hydrogens is 354 g/mol. The molecule has 2 fully saturated rings. The number of anilines is 1. The van der Waals surface area contributed by atoms with E-state index < -0.39 is 0 Å². The summed E-state index contributed by atoms with van der Waals surface area (Å²) in [4.78, 5) is 34.1. The number of rotatable bonds is 6. The Balaban J connectivity index is 1.44. The van der Waals surface area contributed by atoms with Crippen molar-refractivity contribution in [3.8, 4) is 0 Å². The molecule has 4 rings (SSSR count). The Hall–Kier alpha value is -2.57. The Labute approximate surface area is 165 Å². The first-order chi connectivity index (χ1) is 13.7. The Bertz CT molecular complexity index is 850. The number of piperidine rings is 1. The number of fused-ring (bicyclic) bond motifs is 1. The van der Waals surface area contributed by atoms with Gasteiger partial charge in [0.1, 0.15) is 11.5 Å². The van der Waals surface area contributed by atoms with Crippen molar-refractivity contribution in [2.24, 2.45) is 5.92 Å². The van der Waals surface area contributed by atoms with Crippen molar-refractivity contribution in [3.05, 3.63) is 23.9 Å². The van der Waals surface area contributed by atoms with E-state index in [4.69, 9.17) is 0 Å². The van der Waals surface area contributed by atoms with Gasteiger partial charge in [0.2, 0.25) is 5.91 Å². The molecule has 3 heterocycles. The molecule has 3 N–H and O–H groups in total. The van der Waals surface area contributed by atoms with E-state index in [1.807, 2.05) is 23.2 Å². The zero-order valence-corrected chi connectivity index (χ0v) is 16.5. The second-order valence-corrected chi connectivity index (χ2v) is 7.95. The highest BCUT2D eigenvalue weighted by atomic mass is 16.2. The Morgan fingerprint density at radius 1 is 1.25 bits per heavy atom. The number of carbonyl (C=O) groups excluding carboxylic acids is 2. The highest BCUT2D eigenvalue weighted by Gasteiger charge is 2.30. The number of likely N-dealkylation sites (tertiary alicyclic amines) is 1. The van der Waals surface area contributed by atoms with Gasteiger partial charge in [0.15, 0.2) is 0 Å². The molecule has 150 valence electrons. The van der Waals surface area contributed by atoms with Gasteiger partial charge in [-0.15, -0.1) is 0 Å². The van der Waals surface area contributed by atoms with Gasteiger partial charge in [-0.1, -0.05) is 13.3 Å². The summed E-state index contributed by atoms with van der Waals surface area (Å²) in [7, 11) is 0. The number of H-pyrrole nitrogens is 1. The minimum Gasteiger partial charge on any atom is -0.346 e. The van der Waals surface area contributed by atoms with Crippen molar-refractivity contribution >= 4 is 28.8 Å². The summed E-state index contributed by atoms with van der Waals surface area (Å²) in [6, 6.07) is 4.12. The second-order valence-electron chi connectivity index (χ2n) is 7.95. The highest BCUT2D eigenvalue weighted by Crippen LogP contribution is 2.35. The molecule has 1 saturated carbocycles. The number of aromatic nitrogens is 2. The van der Waals surface area contributed by atoms with E-state index in [1.165, 1.54) is 5.56 Å². The molecule has 0 radical (unpaired) electrons. The highest BCUT2D eigenvalue weighted by molar-refractivity contribution is 5.94. The van der Waals surface area contributed by atoms with Gasteiger partial charge in [-0.2, -0.15) is 0 Å². The SMILES string of the molecule is CCCCNC(=O)N1CCC(c2cc(NC(=O)C3CC3)nc3[nH]ccc23)CC1. The van der Waals surface area contributed by atoms with Crippen LogP contribution < -0.4 is 10.6 Å². The maximum absolute atomic E-state index is 12.3. The minimum absolute atomic E-state index is 0.0470. The molecule has 28 heavy (non-hydrogen) atoms. The fourth-order valence-corrected chi connectivity index (χ4v) is 3.92. The average molecular weight is 383 g/mol. The molecule has 0 unspecified atom stereocenters. The first-order valence-corrected chi connectivity index (χ1v) is 10.5. The van der Waals surface area contributed by atoms with Gasteiger partial charge >= 0.3 is 6.03 Å². The van der Waals surface area contributed by atoms with Gasteiger partial charge < -0.3 is 20.5 Å². The summed E-state index contributed by atoms with van der Waals surface area (Å²) in [6.07, 6.45) is 7.77. The van der Waals surface area contributed by atoms with Crippen molar-refractivity contribution in [3.63, 3.8) is 0 Å². The lowest BCUT2D eigenvalue weighted by molar-refractivity contribution is -0.117. The van der Waals surface area contributed by atoms with Crippen LogP contribution in [0.15, 0.2) is 18.3 Å². The smallest absolute Gasteiger partial charge is 0.317 e. The van der Waals surface area contributed by atoms with E-state index in [0.717, 1.165) is 69.2 Å². The van der Waals surface area contributed by atoms with Gasteiger partial charge in [0, 0.05) is 37.1 Å². The lowest BCUT2D eigenvalue weighted by atomic mass is 9.88. The maximum atomic E-state index is 12.3. The summed E-state index contributed by atoms with van der Waals surface area (Å²) in [5.41, 5.74) is 2.02. The van der Waals surface area contributed by atoms with Crippen LogP contribution in [0.3, 0.4) is 0 Å². The Morgan fingerprint density at radius 3 is 2.75 bits per heavy atom. The van der Waals surface area contributed by atoms with E-state index in [1.54, 1.807) is 0 Å². The maximum Gasteiger partial charge on any atom is 0.317 e. The van der Waals surface area contributed by atoms with E-state index in [2.05, 4.69) is 27.5 Å². The van der Waals surface area contributed by atoms with E-state index in [0.29, 0.717) is 11.7 Å². The van der Waals surface area contributed by atoms with Gasteiger partial charge in [0.05, 0.1) is 0 Å². The summed E-state index contributed by atoms with van der Waals surface area (Å²) >= 11 is 0. The molecule has 1 aliphatic carbocycles. The molecule has 2 aliphatic rings. The van der Waals surface area contributed by atoms with Crippen LogP contribution in [0.4, 0.5) is 10.6 Å². The molecule has 0 bridgehead atoms. The monoisotopic (exact) mass is 383 g/mol. The normalized spacial score (nSPS) is 17.7. The van der Waals surface area contributed by atoms with E-state index in [-0.39, 0.29) is 17.9 Å². The average Bonchev–Trinajstić information content (AvgIpc) is 3.46. The van der Waals surface area contributed by atoms with Gasteiger partial charge in [-0.25, -0.2) is 9.78 Å². The van der Waals surface area contributed by atoms with Crippen LogP contribution in [-0.2, 0) is 4.79 Å². The Kier molecular flexibility index (Phi) is 5.50. The molecule has 7 heteroatoms. The number of aromatic amines is 1. The van der Waals surface area contributed by atoms with Crippen LogP contribution in [-0.4, -0.2) is 46.4 Å². The number of carbonyl (C=O) groups is 2. The third-order valence-electron chi connectivity index (χ3n) is 5.79. The predicted octanol–water partition coefficient (Wildman–Crippen LogP) is 3.60. The van der Waals surface area contributed by atoms with Crippen molar-refractivity contribution in [2.45, 2.75) is 51.4 Å². The zero-order chi connectivity index (χ0) is 19.5. The molecule has 1 aliphatic heterocycles. The van der Waals surface area contributed by atoms with Crippen molar-refractivity contribution < 1.29 is 9.59 Å². The summed E-state index contributed by atoms with van der Waals surface area (Å²) < 4.78 is 0. The second kappa shape index (κ2) is 8.20. The largest absolute Gasteiger partial charge is 0.346 e. The lowest BCUT2D eigenvalue weighted by Crippen LogP contribution is -2.44. The van der Waals surface area contributed by atoms with Gasteiger partial charge in [-0.05, 0) is 55.7 Å². The van der Waals surface area contributed by atoms with E-state index >= 15 is 0 Å². The fourth-order valence-electron chi connectivity index (χ4n) is 3.92. The molecule has 1 saturated heterocycles. The first kappa shape index (κ1) is 18.8. The predicted molar refractivity (Wildman–Crippen MR) is 109 cm³/mol. The van der Waals surface area contributed by atoms with Crippen molar-refractivity contribution in [1.82, 2.24) is 20.2 Å². The lowest BCUT2D eigenvalue weighted by Gasteiger charge is -2.32. The Morgan fingerprint density at radius 2 is 2.04 bits per heavy atom. The molecule has 7 nitrogen and oxygen atoms in total. The minimum atomic E-state index is 0.0470. The topological polar surface area (TPSA) is 90.1 Å². The number of hydrogen-bond acceptors (Lipinski definition) is 3. The number of nitrogens with zero attached hydrogens (tertiary/aromatic N) is 2. The zero-order valence-electron chi connectivity index (χ0n) is 16.5. The summed E-state index contributed by atoms with van der Waals surface area (Å²) in [5, 5.41) is 7.09. The van der Waals surface area contributed by atoms with Crippen molar-refractivity contribution in [2.75, 3.05) is 25.0 Å². The number of nitrogens with one attached hydrogen (secondary N) is 3. The van der Waals surface area contributed by atoms with Gasteiger partial charge in [0.25, 0.3) is 0 Å². The summed E-state index contributed by atoms with van der Waals surface area (Å²) in [5.74, 6) is 1.21. The van der Waals surface area contributed by atoms with Crippen molar-refractivity contribution in [1.29, 1.82) is 0 Å². The summed E-state index contributed by atoms with van der Waals surface area (Å²) in [6.45, 7) is 4.37. The number of unbranched alkanes of at least 4 members (excludes halogenated alkanes) is 1. The number of pyridine rings is 1. The van der Waals surface area contributed by atoms with Crippen LogP contribution in [0.1, 0.15) is 56.9 Å². The van der Waals surface area contributed by atoms with Crippen LogP contribution in [0.25, 0.3) is 11.0 Å². The molecular formula is C21H29N5O2. The van der Waals surface area contributed by atoms with Crippen LogP contribution >= 0.6 is 0 Å². The quantitative estimate of drug-likeness (QED) is 0.666. The first-order valence-electron chi connectivity index (χ1n) is 10.5. The van der Waals surface area contributed by atoms with Gasteiger partial charge in [-0.3, -0.25) is 4.79 Å². The number of amides is 3. The van der Waals surface area contributed by atoms with Crippen LogP contribution in [0, 0.1) is 5.92 Å².